The van der Waals surface area contributed by atoms with Gasteiger partial charge in [-0.25, -0.2) is 4.39 Å². The van der Waals surface area contributed by atoms with Gasteiger partial charge >= 0.3 is 5.97 Å². The Morgan fingerprint density at radius 1 is 1.32 bits per heavy atom. The largest absolute Gasteiger partial charge is 0.461 e. The lowest BCUT2D eigenvalue weighted by Crippen LogP contribution is -2.68. The number of halogens is 3. The van der Waals surface area contributed by atoms with Gasteiger partial charge in [-0.1, -0.05) is 45.4 Å². The van der Waals surface area contributed by atoms with Gasteiger partial charge in [0.15, 0.2) is 5.78 Å². The molecule has 0 aromatic rings. The number of esters is 1. The van der Waals surface area contributed by atoms with Crippen LogP contribution in [0.2, 0.25) is 0 Å². The Morgan fingerprint density at radius 3 is 2.61 bits per heavy atom. The number of alkyl halides is 2. The number of rotatable bonds is 3. The molecule has 3 saturated carbocycles. The third-order valence-corrected chi connectivity index (χ3v) is 10.2. The fraction of sp³-hybridized carbons (Fsp3) is 0.750. The van der Waals surface area contributed by atoms with Crippen molar-refractivity contribution in [2.45, 2.75) is 83.1 Å². The van der Waals surface area contributed by atoms with Gasteiger partial charge in [-0.2, -0.15) is 0 Å². The summed E-state index contributed by atoms with van der Waals surface area (Å²) in [6.07, 6.45) is 2.45. The molecule has 4 aliphatic carbocycles. The molecule has 4 nitrogen and oxygen atoms in total. The summed E-state index contributed by atoms with van der Waals surface area (Å²) in [6, 6.07) is 0. The quantitative estimate of drug-likeness (QED) is 0.458. The monoisotopic (exact) mass is 472 g/mol. The van der Waals surface area contributed by atoms with E-state index in [9.17, 15) is 14.7 Å². The maximum atomic E-state index is 15.6. The fourth-order valence-corrected chi connectivity index (χ4v) is 8.32. The van der Waals surface area contributed by atoms with E-state index in [1.54, 1.807) is 19.9 Å². The van der Waals surface area contributed by atoms with Crippen molar-refractivity contribution in [3.05, 3.63) is 22.8 Å². The molecule has 0 aliphatic heterocycles. The third kappa shape index (κ3) is 2.88. The molecule has 172 valence electrons. The molecule has 0 aromatic carbocycles. The highest BCUT2D eigenvalue weighted by atomic mass is 35.5. The molecule has 1 N–H and O–H groups in total. The van der Waals surface area contributed by atoms with Crippen molar-refractivity contribution in [1.82, 2.24) is 0 Å². The van der Waals surface area contributed by atoms with E-state index in [2.05, 4.69) is 6.92 Å². The van der Waals surface area contributed by atoms with Gasteiger partial charge in [-0.05, 0) is 55.1 Å². The molecule has 0 spiro atoms. The zero-order valence-electron chi connectivity index (χ0n) is 18.5. The first-order valence-corrected chi connectivity index (χ1v) is 12.1. The zero-order chi connectivity index (χ0) is 22.9. The van der Waals surface area contributed by atoms with Crippen molar-refractivity contribution < 1.29 is 23.8 Å². The minimum absolute atomic E-state index is 0.00974. The average molecular weight is 473 g/mol. The van der Waals surface area contributed by atoms with Crippen molar-refractivity contribution in [2.75, 3.05) is 0 Å². The maximum absolute atomic E-state index is 15.6. The summed E-state index contributed by atoms with van der Waals surface area (Å²) in [5, 5.41) is 11.4. The number of hydrogen-bond donors (Lipinski definition) is 1. The van der Waals surface area contributed by atoms with Crippen molar-refractivity contribution in [3.63, 3.8) is 0 Å². The molecule has 0 bridgehead atoms. The Morgan fingerprint density at radius 2 is 2.00 bits per heavy atom. The average Bonchev–Trinajstić information content (AvgIpc) is 2.99. The molecule has 0 unspecified atom stereocenters. The zero-order valence-corrected chi connectivity index (χ0v) is 20.0. The summed E-state index contributed by atoms with van der Waals surface area (Å²) in [6.45, 7) is 7.66. The van der Waals surface area contributed by atoms with Crippen molar-refractivity contribution in [1.29, 1.82) is 0 Å². The molecular formula is C24H31Cl2FO4. The van der Waals surface area contributed by atoms with E-state index < -0.39 is 33.8 Å². The van der Waals surface area contributed by atoms with Gasteiger partial charge in [0.05, 0.1) is 16.0 Å². The lowest BCUT2D eigenvalue weighted by Gasteiger charge is -2.64. The summed E-state index contributed by atoms with van der Waals surface area (Å²) < 4.78 is 21.6. The van der Waals surface area contributed by atoms with Gasteiger partial charge < -0.3 is 9.84 Å². The minimum Gasteiger partial charge on any atom is -0.461 e. The number of carbonyl (C=O) groups excluding carboxylic acids is 2. The second-order valence-electron chi connectivity index (χ2n) is 10.1. The van der Waals surface area contributed by atoms with E-state index >= 15 is 4.39 Å². The van der Waals surface area contributed by atoms with Gasteiger partial charge in [-0.15, -0.1) is 11.6 Å². The first kappa shape index (κ1) is 23.3. The lowest BCUT2D eigenvalue weighted by atomic mass is 9.46. The Bertz CT molecular complexity index is 872. The van der Waals surface area contributed by atoms with Gasteiger partial charge in [0.1, 0.15) is 12.3 Å². The molecule has 4 rings (SSSR count). The van der Waals surface area contributed by atoms with Crippen LogP contribution in [0.1, 0.15) is 59.8 Å². The number of allylic oxidation sites excluding steroid dienone is 4. The van der Waals surface area contributed by atoms with Gasteiger partial charge in [0.25, 0.3) is 0 Å². The Kier molecular flexibility index (Phi) is 5.67. The minimum atomic E-state index is -1.42. The van der Waals surface area contributed by atoms with Crippen LogP contribution in [0.5, 0.6) is 0 Å². The third-order valence-electron chi connectivity index (χ3n) is 8.89. The van der Waals surface area contributed by atoms with Crippen molar-refractivity contribution in [2.24, 2.45) is 28.6 Å². The van der Waals surface area contributed by atoms with E-state index in [1.807, 2.05) is 6.92 Å². The van der Waals surface area contributed by atoms with Crippen LogP contribution in [0.3, 0.4) is 0 Å². The summed E-state index contributed by atoms with van der Waals surface area (Å²) in [5.74, 6) is -0.959. The van der Waals surface area contributed by atoms with Crippen LogP contribution >= 0.6 is 23.2 Å². The van der Waals surface area contributed by atoms with Crippen LogP contribution in [-0.4, -0.2) is 40.1 Å². The molecule has 4 aliphatic rings. The normalized spacial score (nSPS) is 48.8. The van der Waals surface area contributed by atoms with Crippen LogP contribution in [-0.2, 0) is 14.3 Å². The first-order valence-electron chi connectivity index (χ1n) is 11.3. The van der Waals surface area contributed by atoms with Crippen LogP contribution < -0.4 is 0 Å². The highest BCUT2D eigenvalue weighted by molar-refractivity contribution is 6.45. The maximum Gasteiger partial charge on any atom is 0.305 e. The molecular weight excluding hydrogens is 442 g/mol. The number of aliphatic hydroxyl groups excluding tert-OH is 1. The number of hydrogen-bond acceptors (Lipinski definition) is 4. The van der Waals surface area contributed by atoms with E-state index in [0.717, 1.165) is 6.42 Å². The highest BCUT2D eigenvalue weighted by Crippen LogP contribution is 2.71. The molecule has 31 heavy (non-hydrogen) atoms. The molecule has 0 amide bonds. The lowest BCUT2D eigenvalue weighted by molar-refractivity contribution is -0.172. The van der Waals surface area contributed by atoms with Crippen molar-refractivity contribution >= 4 is 35.0 Å². The Labute approximate surface area is 193 Å². The van der Waals surface area contributed by atoms with Gasteiger partial charge in [0, 0.05) is 17.3 Å². The second-order valence-corrected chi connectivity index (χ2v) is 11.1. The standard InChI is InChI=1S/C24H31Cl2FO4/c1-5-18(30)31-21-12(3)9-13-14-10-15(27)19-20(25)16(28)7-8-22(19,4)24(14,26)17(29)11-23(13,21)6-2/h7-8,12-15,17,21,29H,5-6,9-11H2,1-4H3/t12-,13+,14+,15+,17+,21-,22+,23+,24+/m1/s1. The summed E-state index contributed by atoms with van der Waals surface area (Å²) in [4.78, 5) is 23.2. The molecule has 0 heterocycles. The Hall–Kier alpha value is -0.910. The van der Waals surface area contributed by atoms with E-state index in [0.29, 0.717) is 12.8 Å². The fourth-order valence-electron chi connectivity index (χ4n) is 7.45. The number of carbonyl (C=O) groups is 2. The predicted octanol–water partition coefficient (Wildman–Crippen LogP) is 5.10. The molecule has 0 radical (unpaired) electrons. The van der Waals surface area contributed by atoms with Crippen LogP contribution in [0.25, 0.3) is 0 Å². The molecule has 3 fully saturated rings. The summed E-state index contributed by atoms with van der Waals surface area (Å²) in [7, 11) is 0. The van der Waals surface area contributed by atoms with E-state index in [4.69, 9.17) is 27.9 Å². The first-order chi connectivity index (χ1) is 14.5. The summed E-state index contributed by atoms with van der Waals surface area (Å²) in [5.41, 5.74) is -1.35. The van der Waals surface area contributed by atoms with E-state index in [1.165, 1.54) is 6.08 Å². The topological polar surface area (TPSA) is 63.6 Å². The van der Waals surface area contributed by atoms with Crippen molar-refractivity contribution in [3.8, 4) is 0 Å². The summed E-state index contributed by atoms with van der Waals surface area (Å²) >= 11 is 13.6. The number of ether oxygens (including phenoxy) is 1. The second kappa shape index (κ2) is 7.56. The van der Waals surface area contributed by atoms with Crippen LogP contribution in [0.4, 0.5) is 4.39 Å². The van der Waals surface area contributed by atoms with Gasteiger partial charge in [-0.3, -0.25) is 9.59 Å². The number of ketones is 1. The van der Waals surface area contributed by atoms with E-state index in [-0.39, 0.29) is 53.3 Å². The SMILES string of the molecule is CCC(=O)O[C@@H]1[C@H](C)C[C@H]2[C@@H]3C[C@H](F)C4=C(Cl)C(=O)C=C[C@]4(C)[C@@]3(Cl)[C@@H](O)C[C@]12CC. The van der Waals surface area contributed by atoms with Gasteiger partial charge in [0.2, 0.25) is 0 Å². The number of fused-ring (bicyclic) bond motifs is 5. The molecule has 9 atom stereocenters. The Balaban J connectivity index is 1.84. The van der Waals surface area contributed by atoms with Crippen LogP contribution in [0, 0.1) is 28.6 Å². The number of aliphatic hydroxyl groups is 1. The highest BCUT2D eigenvalue weighted by Gasteiger charge is 2.72. The van der Waals surface area contributed by atoms with Crippen LogP contribution in [0.15, 0.2) is 22.8 Å². The smallest absolute Gasteiger partial charge is 0.305 e. The predicted molar refractivity (Wildman–Crippen MR) is 118 cm³/mol. The molecule has 0 aromatic heterocycles. The molecule has 0 saturated heterocycles. The molecule has 7 heteroatoms.